The Labute approximate surface area is 98.5 Å². The first-order chi connectivity index (χ1) is 7.70. The van der Waals surface area contributed by atoms with Gasteiger partial charge in [0, 0.05) is 6.54 Å². The Hall–Kier alpha value is -0.820. The van der Waals surface area contributed by atoms with Crippen LogP contribution in [-0.2, 0) is 11.8 Å². The maximum absolute atomic E-state index is 2.50. The minimum absolute atomic E-state index is 0.446. The van der Waals surface area contributed by atoms with Crippen LogP contribution in [0.25, 0.3) is 0 Å². The zero-order chi connectivity index (χ0) is 11.2. The van der Waals surface area contributed by atoms with E-state index in [1.165, 1.54) is 32.4 Å². The van der Waals surface area contributed by atoms with Crippen LogP contribution in [0, 0.1) is 5.92 Å². The largest absolute Gasteiger partial charge is 0.306 e. The van der Waals surface area contributed by atoms with E-state index in [0.29, 0.717) is 5.41 Å². The van der Waals surface area contributed by atoms with Gasteiger partial charge >= 0.3 is 0 Å². The Kier molecular flexibility index (Phi) is 2.32. The first kappa shape index (κ1) is 10.3. The SMILES string of the molecule is CN1CC[C@]2(C)c3ccccc3CC[C@H]2C1. The molecule has 2 aliphatic rings. The van der Waals surface area contributed by atoms with E-state index in [1.807, 2.05) is 0 Å². The lowest BCUT2D eigenvalue weighted by molar-refractivity contribution is 0.106. The molecule has 1 fully saturated rings. The first-order valence-corrected chi connectivity index (χ1v) is 6.47. The lowest BCUT2D eigenvalue weighted by Crippen LogP contribution is -2.49. The maximum Gasteiger partial charge on any atom is 0.00152 e. The summed E-state index contributed by atoms with van der Waals surface area (Å²) in [6, 6.07) is 9.10. The quantitative estimate of drug-likeness (QED) is 0.643. The predicted octanol–water partition coefficient (Wildman–Crippen LogP) is 2.84. The highest BCUT2D eigenvalue weighted by molar-refractivity contribution is 5.37. The van der Waals surface area contributed by atoms with Crippen molar-refractivity contribution in [3.63, 3.8) is 0 Å². The monoisotopic (exact) mass is 215 g/mol. The normalized spacial score (nSPS) is 34.2. The molecule has 86 valence electrons. The lowest BCUT2D eigenvalue weighted by Gasteiger charge is -2.49. The minimum atomic E-state index is 0.446. The highest BCUT2D eigenvalue weighted by Crippen LogP contribution is 2.46. The Balaban J connectivity index is 2.03. The molecule has 0 saturated carbocycles. The summed E-state index contributed by atoms with van der Waals surface area (Å²) in [5.74, 6) is 0.862. The van der Waals surface area contributed by atoms with Crippen molar-refractivity contribution < 1.29 is 0 Å². The fraction of sp³-hybridized carbons (Fsp3) is 0.600. The van der Waals surface area contributed by atoms with Crippen LogP contribution >= 0.6 is 0 Å². The van der Waals surface area contributed by atoms with Crippen molar-refractivity contribution in [3.05, 3.63) is 35.4 Å². The molecular formula is C15H21N. The predicted molar refractivity (Wildman–Crippen MR) is 67.7 cm³/mol. The average molecular weight is 215 g/mol. The fourth-order valence-electron chi connectivity index (χ4n) is 3.69. The summed E-state index contributed by atoms with van der Waals surface area (Å²) in [5.41, 5.74) is 3.69. The van der Waals surface area contributed by atoms with Gasteiger partial charge in [0.15, 0.2) is 0 Å². The van der Waals surface area contributed by atoms with Gasteiger partial charge in [-0.1, -0.05) is 31.2 Å². The number of hydrogen-bond acceptors (Lipinski definition) is 1. The van der Waals surface area contributed by atoms with Gasteiger partial charge in [0.25, 0.3) is 0 Å². The summed E-state index contributed by atoms with van der Waals surface area (Å²) >= 11 is 0. The van der Waals surface area contributed by atoms with E-state index in [9.17, 15) is 0 Å². The van der Waals surface area contributed by atoms with Crippen LogP contribution in [0.3, 0.4) is 0 Å². The van der Waals surface area contributed by atoms with Gasteiger partial charge in [-0.2, -0.15) is 0 Å². The molecule has 3 rings (SSSR count). The third kappa shape index (κ3) is 1.41. The van der Waals surface area contributed by atoms with Crippen LogP contribution in [0.4, 0.5) is 0 Å². The summed E-state index contributed by atoms with van der Waals surface area (Å²) < 4.78 is 0. The zero-order valence-corrected chi connectivity index (χ0v) is 10.4. The zero-order valence-electron chi connectivity index (χ0n) is 10.4. The van der Waals surface area contributed by atoms with E-state index in [1.54, 1.807) is 11.1 Å². The van der Waals surface area contributed by atoms with Gasteiger partial charge in [-0.3, -0.25) is 0 Å². The van der Waals surface area contributed by atoms with Crippen LogP contribution < -0.4 is 0 Å². The molecule has 0 spiro atoms. The molecule has 1 aliphatic carbocycles. The van der Waals surface area contributed by atoms with Gasteiger partial charge in [0.1, 0.15) is 0 Å². The van der Waals surface area contributed by atoms with Crippen molar-refractivity contribution in [1.82, 2.24) is 4.90 Å². The summed E-state index contributed by atoms with van der Waals surface area (Å²) in [6.07, 6.45) is 3.98. The number of nitrogens with zero attached hydrogens (tertiary/aromatic N) is 1. The second kappa shape index (κ2) is 3.59. The van der Waals surface area contributed by atoms with Crippen LogP contribution in [0.15, 0.2) is 24.3 Å². The topological polar surface area (TPSA) is 3.24 Å². The Morgan fingerprint density at radius 1 is 1.31 bits per heavy atom. The van der Waals surface area contributed by atoms with Gasteiger partial charge in [0.05, 0.1) is 0 Å². The molecule has 0 amide bonds. The smallest absolute Gasteiger partial charge is 0.00152 e. The summed E-state index contributed by atoms with van der Waals surface area (Å²) in [5, 5.41) is 0. The molecule has 1 heteroatoms. The molecule has 0 unspecified atom stereocenters. The van der Waals surface area contributed by atoms with Crippen molar-refractivity contribution in [3.8, 4) is 0 Å². The van der Waals surface area contributed by atoms with E-state index < -0.39 is 0 Å². The highest BCUT2D eigenvalue weighted by Gasteiger charge is 2.42. The van der Waals surface area contributed by atoms with Crippen LogP contribution in [0.1, 0.15) is 30.9 Å². The number of rotatable bonds is 0. The maximum atomic E-state index is 2.50. The molecule has 0 bridgehead atoms. The van der Waals surface area contributed by atoms with Crippen molar-refractivity contribution in [2.75, 3.05) is 20.1 Å². The van der Waals surface area contributed by atoms with E-state index in [0.717, 1.165) is 5.92 Å². The van der Waals surface area contributed by atoms with Crippen LogP contribution in [0.2, 0.25) is 0 Å². The van der Waals surface area contributed by atoms with E-state index in [4.69, 9.17) is 0 Å². The molecule has 1 saturated heterocycles. The summed E-state index contributed by atoms with van der Waals surface area (Å²) in [7, 11) is 2.26. The second-order valence-electron chi connectivity index (χ2n) is 5.82. The highest BCUT2D eigenvalue weighted by atomic mass is 15.1. The van der Waals surface area contributed by atoms with Crippen molar-refractivity contribution in [2.24, 2.45) is 5.92 Å². The number of hydrogen-bond donors (Lipinski definition) is 0. The number of aryl methyl sites for hydroxylation is 1. The molecule has 1 aliphatic heterocycles. The Morgan fingerprint density at radius 3 is 3.00 bits per heavy atom. The molecular weight excluding hydrogens is 194 g/mol. The van der Waals surface area contributed by atoms with Gasteiger partial charge in [-0.25, -0.2) is 0 Å². The molecule has 0 aromatic heterocycles. The van der Waals surface area contributed by atoms with E-state index in [2.05, 4.69) is 43.1 Å². The molecule has 1 aromatic rings. The molecule has 1 nitrogen and oxygen atoms in total. The average Bonchev–Trinajstić information content (AvgIpc) is 2.31. The Bertz CT molecular complexity index is 398. The second-order valence-corrected chi connectivity index (χ2v) is 5.82. The summed E-state index contributed by atoms with van der Waals surface area (Å²) in [6.45, 7) is 5.02. The van der Waals surface area contributed by atoms with Gasteiger partial charge in [-0.15, -0.1) is 0 Å². The first-order valence-electron chi connectivity index (χ1n) is 6.47. The molecule has 1 heterocycles. The lowest BCUT2D eigenvalue weighted by atomic mass is 9.61. The van der Waals surface area contributed by atoms with Crippen LogP contribution in [0.5, 0.6) is 0 Å². The van der Waals surface area contributed by atoms with E-state index in [-0.39, 0.29) is 0 Å². The summed E-state index contributed by atoms with van der Waals surface area (Å²) in [4.78, 5) is 2.50. The number of likely N-dealkylation sites (tertiary alicyclic amines) is 1. The standard InChI is InChI=1S/C15H21N/c1-15-9-10-16(2)11-13(15)8-7-12-5-3-4-6-14(12)15/h3-6,13H,7-11H2,1-2H3/t13-,15-/m0/s1. The molecule has 2 atom stereocenters. The van der Waals surface area contributed by atoms with Crippen molar-refractivity contribution >= 4 is 0 Å². The van der Waals surface area contributed by atoms with Gasteiger partial charge < -0.3 is 4.90 Å². The fourth-order valence-corrected chi connectivity index (χ4v) is 3.69. The third-order valence-corrected chi connectivity index (χ3v) is 4.84. The molecule has 1 aromatic carbocycles. The minimum Gasteiger partial charge on any atom is -0.306 e. The third-order valence-electron chi connectivity index (χ3n) is 4.84. The van der Waals surface area contributed by atoms with Gasteiger partial charge in [0.2, 0.25) is 0 Å². The van der Waals surface area contributed by atoms with Crippen molar-refractivity contribution in [2.45, 2.75) is 31.6 Å². The van der Waals surface area contributed by atoms with E-state index >= 15 is 0 Å². The molecule has 0 radical (unpaired) electrons. The number of fused-ring (bicyclic) bond motifs is 3. The van der Waals surface area contributed by atoms with Crippen LogP contribution in [-0.4, -0.2) is 25.0 Å². The van der Waals surface area contributed by atoms with Crippen molar-refractivity contribution in [1.29, 1.82) is 0 Å². The molecule has 0 N–H and O–H groups in total. The number of piperidine rings is 1. The number of benzene rings is 1. The Morgan fingerprint density at radius 2 is 2.12 bits per heavy atom. The van der Waals surface area contributed by atoms with Gasteiger partial charge in [-0.05, 0) is 55.3 Å². The molecule has 16 heavy (non-hydrogen) atoms.